The van der Waals surface area contributed by atoms with Crippen molar-refractivity contribution in [1.29, 1.82) is 0 Å². The first-order valence-electron chi connectivity index (χ1n) is 13.2. The predicted molar refractivity (Wildman–Crippen MR) is 169 cm³/mol. The van der Waals surface area contributed by atoms with Crippen LogP contribution in [0.2, 0.25) is 0 Å². The Hall–Kier alpha value is -3.41. The molecular weight excluding hydrogens is 688 g/mol. The third kappa shape index (κ3) is 5.65. The lowest BCUT2D eigenvalue weighted by atomic mass is 9.95. The minimum Gasteiger partial charge on any atom is -0.493 e. The van der Waals surface area contributed by atoms with Crippen LogP contribution in [0, 0.1) is 6.92 Å². The van der Waals surface area contributed by atoms with Gasteiger partial charge in [-0.3, -0.25) is 9.36 Å². The van der Waals surface area contributed by atoms with Gasteiger partial charge in [0.25, 0.3) is 5.56 Å². The number of esters is 1. The molecule has 0 saturated heterocycles. The number of ether oxygens (including phenoxy) is 3. The number of aromatic nitrogens is 1. The summed E-state index contributed by atoms with van der Waals surface area (Å²) in [6.45, 7) is 8.01. The minimum atomic E-state index is -0.822. The molecule has 0 N–H and O–H groups in total. The fourth-order valence-electron chi connectivity index (χ4n) is 4.80. The highest BCUT2D eigenvalue weighted by Crippen LogP contribution is 2.41. The zero-order valence-electron chi connectivity index (χ0n) is 23.6. The number of thiazole rings is 1. The quantitative estimate of drug-likeness (QED) is 0.199. The van der Waals surface area contributed by atoms with E-state index in [0.29, 0.717) is 54.7 Å². The second-order valence-electron chi connectivity index (χ2n) is 9.45. The molecule has 1 aliphatic rings. The van der Waals surface area contributed by atoms with Crippen LogP contribution in [0.1, 0.15) is 43.7 Å². The topological polar surface area (TPSA) is 92.3 Å². The van der Waals surface area contributed by atoms with Crippen molar-refractivity contribution >= 4 is 55.2 Å². The first-order chi connectivity index (χ1) is 20.2. The van der Waals surface area contributed by atoms with Crippen molar-refractivity contribution < 1.29 is 23.4 Å². The van der Waals surface area contributed by atoms with Crippen LogP contribution in [0.15, 0.2) is 76.9 Å². The first-order valence-corrected chi connectivity index (χ1v) is 15.6. The largest absolute Gasteiger partial charge is 0.493 e. The summed E-state index contributed by atoms with van der Waals surface area (Å²) in [5, 5.41) is 0. The number of rotatable bonds is 8. The molecule has 2 aromatic carbocycles. The zero-order valence-corrected chi connectivity index (χ0v) is 27.6. The van der Waals surface area contributed by atoms with Gasteiger partial charge in [-0.1, -0.05) is 49.3 Å². The molecule has 0 radical (unpaired) electrons. The summed E-state index contributed by atoms with van der Waals surface area (Å²) in [4.78, 5) is 32.4. The molecule has 1 aliphatic heterocycles. The number of halogens is 2. The van der Waals surface area contributed by atoms with Crippen molar-refractivity contribution in [3.8, 4) is 22.8 Å². The summed E-state index contributed by atoms with van der Waals surface area (Å²) in [6.07, 6.45) is 1.70. The van der Waals surface area contributed by atoms with E-state index < -0.39 is 12.0 Å². The number of methoxy groups -OCH3 is 1. The number of hydrogen-bond acceptors (Lipinski definition) is 8. The molecule has 218 valence electrons. The third-order valence-electron chi connectivity index (χ3n) is 6.68. The maximum absolute atomic E-state index is 14.0. The van der Waals surface area contributed by atoms with Gasteiger partial charge in [0.15, 0.2) is 16.3 Å². The van der Waals surface area contributed by atoms with E-state index in [4.69, 9.17) is 18.6 Å². The van der Waals surface area contributed by atoms with Crippen LogP contribution >= 0.6 is 43.2 Å². The van der Waals surface area contributed by atoms with Gasteiger partial charge < -0.3 is 18.6 Å². The molecular formula is C31H28Br2N2O6S. The Morgan fingerprint density at radius 1 is 1.07 bits per heavy atom. The number of nitrogens with zero attached hydrogens (tertiary/aromatic N) is 2. The van der Waals surface area contributed by atoms with E-state index in [0.717, 1.165) is 15.6 Å². The average Bonchev–Trinajstić information content (AvgIpc) is 3.52. The highest BCUT2D eigenvalue weighted by Gasteiger charge is 2.35. The van der Waals surface area contributed by atoms with Gasteiger partial charge in [0.05, 0.1) is 42.2 Å². The summed E-state index contributed by atoms with van der Waals surface area (Å²) < 4.78 is 26.4. The van der Waals surface area contributed by atoms with Crippen molar-refractivity contribution in [2.45, 2.75) is 33.7 Å². The lowest BCUT2D eigenvalue weighted by Crippen LogP contribution is -2.40. The zero-order chi connectivity index (χ0) is 30.1. The molecule has 8 nitrogen and oxygen atoms in total. The normalized spacial score (nSPS) is 14.9. The van der Waals surface area contributed by atoms with Gasteiger partial charge in [-0.2, -0.15) is 0 Å². The van der Waals surface area contributed by atoms with Crippen LogP contribution < -0.4 is 24.4 Å². The van der Waals surface area contributed by atoms with Gasteiger partial charge in [-0.25, -0.2) is 9.79 Å². The number of hydrogen-bond donors (Lipinski definition) is 0. The molecule has 5 rings (SSSR count). The lowest BCUT2D eigenvalue weighted by molar-refractivity contribution is -0.139. The third-order valence-corrected chi connectivity index (χ3v) is 9.01. The fraction of sp³-hybridized carbons (Fsp3) is 0.258. The van der Waals surface area contributed by atoms with Gasteiger partial charge in [-0.05, 0) is 75.2 Å². The van der Waals surface area contributed by atoms with E-state index in [2.05, 4.69) is 36.9 Å². The van der Waals surface area contributed by atoms with E-state index >= 15 is 0 Å². The maximum Gasteiger partial charge on any atom is 0.338 e. The highest BCUT2D eigenvalue weighted by molar-refractivity contribution is 9.10. The van der Waals surface area contributed by atoms with E-state index in [1.54, 1.807) is 39.2 Å². The Bertz CT molecular complexity index is 1900. The van der Waals surface area contributed by atoms with Crippen LogP contribution in [0.25, 0.3) is 17.4 Å². The fourth-order valence-corrected chi connectivity index (χ4v) is 7.05. The molecule has 4 aromatic rings. The second-order valence-corrected chi connectivity index (χ2v) is 12.2. The number of carbonyl (C=O) groups excluding carboxylic acids is 1. The smallest absolute Gasteiger partial charge is 0.338 e. The number of fused-ring (bicyclic) bond motifs is 1. The minimum absolute atomic E-state index is 0.179. The Morgan fingerprint density at radius 3 is 2.55 bits per heavy atom. The number of furan rings is 1. The van der Waals surface area contributed by atoms with Crippen molar-refractivity contribution in [1.82, 2.24) is 4.57 Å². The molecule has 0 spiro atoms. The van der Waals surface area contributed by atoms with Gasteiger partial charge in [0.1, 0.15) is 11.5 Å². The molecule has 11 heteroatoms. The molecule has 2 aromatic heterocycles. The lowest BCUT2D eigenvalue weighted by Gasteiger charge is -2.26. The summed E-state index contributed by atoms with van der Waals surface area (Å²) in [6, 6.07) is 12.4. The Labute approximate surface area is 263 Å². The van der Waals surface area contributed by atoms with Crippen molar-refractivity contribution in [2.24, 2.45) is 4.99 Å². The molecule has 42 heavy (non-hydrogen) atoms. The Kier molecular flexibility index (Phi) is 8.91. The molecule has 0 saturated carbocycles. The van der Waals surface area contributed by atoms with Crippen LogP contribution in [0.4, 0.5) is 0 Å². The van der Waals surface area contributed by atoms with Crippen LogP contribution in [-0.4, -0.2) is 30.9 Å². The van der Waals surface area contributed by atoms with E-state index in [1.165, 1.54) is 15.9 Å². The molecule has 3 heterocycles. The van der Waals surface area contributed by atoms with Crippen molar-refractivity contribution in [2.75, 3.05) is 20.3 Å². The summed E-state index contributed by atoms with van der Waals surface area (Å²) in [5.74, 6) is 1.65. The van der Waals surface area contributed by atoms with Crippen LogP contribution in [0.3, 0.4) is 0 Å². The summed E-state index contributed by atoms with van der Waals surface area (Å²) in [5.41, 5.74) is 3.09. The molecule has 1 atom stereocenters. The number of aryl methyl sites for hydroxylation is 1. The number of allylic oxidation sites excluding steroid dienone is 1. The second kappa shape index (κ2) is 12.4. The standard InChI is InChI=1S/C31H28Br2N2O6S/c1-6-39-25-15-22(33)20(14-24(25)38-5)28-27(30(37)40-7-2)17(4)34-31-35(28)29(36)26(42-31)13-18-9-11-23(41-18)19-10-8-16(3)12-21(19)32/h8-15,28H,6-7H2,1-5H3/b26-13+/t28-/m0/s1. The Balaban J connectivity index is 1.68. The molecule has 0 unspecified atom stereocenters. The Morgan fingerprint density at radius 2 is 1.86 bits per heavy atom. The molecule has 0 bridgehead atoms. The number of carbonyl (C=O) groups is 1. The van der Waals surface area contributed by atoms with Gasteiger partial charge in [-0.15, -0.1) is 0 Å². The van der Waals surface area contributed by atoms with E-state index in [1.807, 2.05) is 44.2 Å². The highest BCUT2D eigenvalue weighted by atomic mass is 79.9. The first kappa shape index (κ1) is 30.1. The molecule has 0 aliphatic carbocycles. The maximum atomic E-state index is 14.0. The summed E-state index contributed by atoms with van der Waals surface area (Å²) >= 11 is 8.47. The van der Waals surface area contributed by atoms with Gasteiger partial charge in [0.2, 0.25) is 0 Å². The molecule has 0 amide bonds. The van der Waals surface area contributed by atoms with Crippen LogP contribution in [0.5, 0.6) is 11.5 Å². The number of benzene rings is 2. The van der Waals surface area contributed by atoms with Crippen LogP contribution in [-0.2, 0) is 9.53 Å². The molecule has 0 fully saturated rings. The predicted octanol–water partition coefficient (Wildman–Crippen LogP) is 6.30. The van der Waals surface area contributed by atoms with E-state index in [-0.39, 0.29) is 17.7 Å². The van der Waals surface area contributed by atoms with Gasteiger partial charge in [0, 0.05) is 20.6 Å². The van der Waals surface area contributed by atoms with Gasteiger partial charge >= 0.3 is 5.97 Å². The van der Waals surface area contributed by atoms with Crippen molar-refractivity contribution in [3.63, 3.8) is 0 Å². The van der Waals surface area contributed by atoms with Crippen molar-refractivity contribution in [3.05, 3.63) is 99.3 Å². The SMILES string of the molecule is CCOC(=O)C1=C(C)N=c2s/c(=C/c3ccc(-c4ccc(C)cc4Br)o3)c(=O)n2[C@H]1c1cc(OC)c(OCC)cc1Br. The van der Waals surface area contributed by atoms with E-state index in [9.17, 15) is 9.59 Å². The average molecular weight is 716 g/mol. The monoisotopic (exact) mass is 714 g/mol. The summed E-state index contributed by atoms with van der Waals surface area (Å²) in [7, 11) is 1.54.